The summed E-state index contributed by atoms with van der Waals surface area (Å²) in [7, 11) is 1.53. The molecule has 0 aliphatic rings. The summed E-state index contributed by atoms with van der Waals surface area (Å²) in [5, 5.41) is 0. The molecule has 0 heterocycles. The van der Waals surface area contributed by atoms with Gasteiger partial charge in [-0.05, 0) is 24.0 Å². The molecule has 0 radical (unpaired) electrons. The molecule has 0 aliphatic heterocycles. The maximum Gasteiger partial charge on any atom is 0.252 e. The zero-order valence-corrected chi connectivity index (χ0v) is 12.0. The first-order valence-corrected chi connectivity index (χ1v) is 7.10. The lowest BCUT2D eigenvalue weighted by Gasteiger charge is -2.11. The Morgan fingerprint density at radius 1 is 1.37 bits per heavy atom. The number of primary amides is 1. The van der Waals surface area contributed by atoms with Crippen LogP contribution in [0.25, 0.3) is 0 Å². The molecule has 0 spiro atoms. The van der Waals surface area contributed by atoms with Crippen molar-refractivity contribution in [2.24, 2.45) is 5.73 Å². The molecule has 106 valence electrons. The fourth-order valence-electron chi connectivity index (χ4n) is 1.40. The number of methoxy groups -OCH3 is 1. The molecule has 6 heteroatoms. The molecule has 0 aliphatic carbocycles. The molecular formula is C13H19NO4S. The lowest BCUT2D eigenvalue weighted by molar-refractivity contribution is 0.0509. The predicted octanol–water partition coefficient (Wildman–Crippen LogP) is 1.90. The first-order valence-electron chi connectivity index (χ1n) is 5.95. The molecule has 0 saturated heterocycles. The van der Waals surface area contributed by atoms with Gasteiger partial charge >= 0.3 is 0 Å². The molecule has 0 unspecified atom stereocenters. The van der Waals surface area contributed by atoms with E-state index in [-0.39, 0.29) is 6.79 Å². The number of rotatable bonds is 9. The van der Waals surface area contributed by atoms with Crippen molar-refractivity contribution in [1.29, 1.82) is 0 Å². The van der Waals surface area contributed by atoms with E-state index in [4.69, 9.17) is 19.9 Å². The van der Waals surface area contributed by atoms with Crippen molar-refractivity contribution in [1.82, 2.24) is 0 Å². The molecule has 1 amide bonds. The van der Waals surface area contributed by atoms with Gasteiger partial charge in [0.25, 0.3) is 5.91 Å². The van der Waals surface area contributed by atoms with Crippen molar-refractivity contribution in [3.8, 4) is 11.5 Å². The van der Waals surface area contributed by atoms with Crippen LogP contribution in [0.15, 0.2) is 18.2 Å². The van der Waals surface area contributed by atoms with Gasteiger partial charge in [-0.3, -0.25) is 4.79 Å². The predicted molar refractivity (Wildman–Crippen MR) is 76.0 cm³/mol. The molecule has 1 rings (SSSR count). The van der Waals surface area contributed by atoms with Gasteiger partial charge in [0.05, 0.1) is 12.2 Å². The maximum atomic E-state index is 11.4. The highest BCUT2D eigenvalue weighted by molar-refractivity contribution is 7.99. The standard InChI is InChI=1S/C13H19NO4S/c1-3-19-7-6-17-12-5-4-10(18-9-16-2)8-11(12)13(14)15/h4-5,8H,3,6-7,9H2,1-2H3,(H2,14,15). The van der Waals surface area contributed by atoms with Crippen molar-refractivity contribution in [2.75, 3.05) is 32.0 Å². The molecule has 0 bridgehead atoms. The number of nitrogens with two attached hydrogens (primary N) is 1. The van der Waals surface area contributed by atoms with E-state index < -0.39 is 5.91 Å². The lowest BCUT2D eigenvalue weighted by atomic mass is 10.2. The van der Waals surface area contributed by atoms with E-state index >= 15 is 0 Å². The van der Waals surface area contributed by atoms with Crippen LogP contribution in [0.3, 0.4) is 0 Å². The zero-order chi connectivity index (χ0) is 14.1. The minimum Gasteiger partial charge on any atom is -0.492 e. The minimum absolute atomic E-state index is 0.117. The van der Waals surface area contributed by atoms with Crippen LogP contribution in [0.4, 0.5) is 0 Å². The summed E-state index contributed by atoms with van der Waals surface area (Å²) in [5.41, 5.74) is 5.65. The summed E-state index contributed by atoms with van der Waals surface area (Å²) in [6.07, 6.45) is 0. The number of carbonyl (C=O) groups is 1. The summed E-state index contributed by atoms with van der Waals surface area (Å²) in [6.45, 7) is 2.74. The smallest absolute Gasteiger partial charge is 0.252 e. The van der Waals surface area contributed by atoms with E-state index in [0.29, 0.717) is 23.7 Å². The third-order valence-corrected chi connectivity index (χ3v) is 3.11. The van der Waals surface area contributed by atoms with Gasteiger partial charge in [0.1, 0.15) is 11.5 Å². The van der Waals surface area contributed by atoms with Gasteiger partial charge in [-0.15, -0.1) is 0 Å². The van der Waals surface area contributed by atoms with Gasteiger partial charge in [-0.1, -0.05) is 6.92 Å². The van der Waals surface area contributed by atoms with E-state index in [1.54, 1.807) is 30.0 Å². The topological polar surface area (TPSA) is 70.8 Å². The highest BCUT2D eigenvalue weighted by Gasteiger charge is 2.11. The number of carbonyl (C=O) groups excluding carboxylic acids is 1. The van der Waals surface area contributed by atoms with Crippen LogP contribution in [0, 0.1) is 0 Å². The molecule has 0 aromatic heterocycles. The second-order valence-electron chi connectivity index (χ2n) is 3.62. The number of hydrogen-bond donors (Lipinski definition) is 1. The molecule has 1 aromatic carbocycles. The van der Waals surface area contributed by atoms with Gasteiger partial charge in [0.2, 0.25) is 0 Å². The van der Waals surface area contributed by atoms with E-state index in [2.05, 4.69) is 6.92 Å². The van der Waals surface area contributed by atoms with Gasteiger partial charge in [0, 0.05) is 12.9 Å². The van der Waals surface area contributed by atoms with Crippen LogP contribution in [-0.4, -0.2) is 37.9 Å². The molecule has 1 aromatic rings. The van der Waals surface area contributed by atoms with Crippen molar-refractivity contribution >= 4 is 17.7 Å². The summed E-state index contributed by atoms with van der Waals surface area (Å²) in [4.78, 5) is 11.4. The van der Waals surface area contributed by atoms with Crippen molar-refractivity contribution in [3.63, 3.8) is 0 Å². The van der Waals surface area contributed by atoms with E-state index in [9.17, 15) is 4.79 Å². The fourth-order valence-corrected chi connectivity index (χ4v) is 1.89. The fraction of sp³-hybridized carbons (Fsp3) is 0.462. The Bertz CT molecular complexity index is 412. The van der Waals surface area contributed by atoms with E-state index in [1.165, 1.54) is 7.11 Å². The molecule has 5 nitrogen and oxygen atoms in total. The third kappa shape index (κ3) is 5.40. The quantitative estimate of drug-likeness (QED) is 0.554. The molecule has 0 fully saturated rings. The second kappa shape index (κ2) is 8.66. The van der Waals surface area contributed by atoms with Crippen LogP contribution in [-0.2, 0) is 4.74 Å². The Balaban J connectivity index is 2.71. The highest BCUT2D eigenvalue weighted by Crippen LogP contribution is 2.24. The first kappa shape index (κ1) is 15.7. The van der Waals surface area contributed by atoms with Crippen LogP contribution in [0.2, 0.25) is 0 Å². The largest absolute Gasteiger partial charge is 0.492 e. The maximum absolute atomic E-state index is 11.4. The molecular weight excluding hydrogens is 266 g/mol. The van der Waals surface area contributed by atoms with Crippen LogP contribution < -0.4 is 15.2 Å². The van der Waals surface area contributed by atoms with Gasteiger partial charge in [0.15, 0.2) is 6.79 Å². The molecule has 0 atom stereocenters. The summed E-state index contributed by atoms with van der Waals surface area (Å²) < 4.78 is 15.6. The molecule has 19 heavy (non-hydrogen) atoms. The first-order chi connectivity index (χ1) is 9.19. The highest BCUT2D eigenvalue weighted by atomic mass is 32.2. The summed E-state index contributed by atoms with van der Waals surface area (Å²) >= 11 is 1.77. The van der Waals surface area contributed by atoms with Crippen molar-refractivity contribution < 1.29 is 19.0 Å². The molecule has 0 saturated carbocycles. The minimum atomic E-state index is -0.541. The lowest BCUT2D eigenvalue weighted by Crippen LogP contribution is -2.14. The van der Waals surface area contributed by atoms with Crippen LogP contribution in [0.1, 0.15) is 17.3 Å². The summed E-state index contributed by atoms with van der Waals surface area (Å²) in [6, 6.07) is 4.96. The zero-order valence-electron chi connectivity index (χ0n) is 11.2. The third-order valence-electron chi connectivity index (χ3n) is 2.25. The van der Waals surface area contributed by atoms with Gasteiger partial charge in [-0.25, -0.2) is 0 Å². The van der Waals surface area contributed by atoms with E-state index in [0.717, 1.165) is 11.5 Å². The Labute approximate surface area is 117 Å². The Morgan fingerprint density at radius 2 is 2.16 bits per heavy atom. The number of ether oxygens (including phenoxy) is 3. The summed E-state index contributed by atoms with van der Waals surface area (Å²) in [5.74, 6) is 2.37. The van der Waals surface area contributed by atoms with Crippen LogP contribution in [0.5, 0.6) is 11.5 Å². The number of benzene rings is 1. The van der Waals surface area contributed by atoms with E-state index in [1.807, 2.05) is 0 Å². The molecule has 2 N–H and O–H groups in total. The average molecular weight is 285 g/mol. The SMILES string of the molecule is CCSCCOc1ccc(OCOC)cc1C(N)=O. The van der Waals surface area contributed by atoms with Crippen LogP contribution >= 0.6 is 11.8 Å². The number of amides is 1. The second-order valence-corrected chi connectivity index (χ2v) is 5.01. The Kier molecular flexibility index (Phi) is 7.14. The van der Waals surface area contributed by atoms with Crippen molar-refractivity contribution in [3.05, 3.63) is 23.8 Å². The van der Waals surface area contributed by atoms with Gasteiger partial charge < -0.3 is 19.9 Å². The number of hydrogen-bond acceptors (Lipinski definition) is 5. The van der Waals surface area contributed by atoms with Gasteiger partial charge in [-0.2, -0.15) is 11.8 Å². The Morgan fingerprint density at radius 3 is 2.79 bits per heavy atom. The normalized spacial score (nSPS) is 10.2. The monoisotopic (exact) mass is 285 g/mol. The Hall–Kier alpha value is -1.40. The number of thioether (sulfide) groups is 1. The van der Waals surface area contributed by atoms with Crippen molar-refractivity contribution in [2.45, 2.75) is 6.92 Å². The average Bonchev–Trinajstić information content (AvgIpc) is 2.41.